The van der Waals surface area contributed by atoms with Crippen LogP contribution in [-0.4, -0.2) is 36.5 Å². The summed E-state index contributed by atoms with van der Waals surface area (Å²) >= 11 is 1.46. The molecule has 5 heteroatoms. The average molecular weight is 304 g/mol. The van der Waals surface area contributed by atoms with Gasteiger partial charge in [-0.25, -0.2) is 4.39 Å². The monoisotopic (exact) mass is 304 g/mol. The van der Waals surface area contributed by atoms with Gasteiger partial charge in [-0.1, -0.05) is 12.1 Å². The molecule has 0 aliphatic carbocycles. The normalized spacial score (nSPS) is 18.8. The highest BCUT2D eigenvalue weighted by Gasteiger charge is 2.25. The Morgan fingerprint density at radius 1 is 1.29 bits per heavy atom. The van der Waals surface area contributed by atoms with Gasteiger partial charge in [0.05, 0.1) is 4.88 Å². The van der Waals surface area contributed by atoms with Gasteiger partial charge in [-0.15, -0.1) is 11.3 Å². The van der Waals surface area contributed by atoms with Crippen molar-refractivity contribution in [3.63, 3.8) is 0 Å². The average Bonchev–Trinajstić information content (AvgIpc) is 2.98. The smallest absolute Gasteiger partial charge is 0.264 e. The third kappa shape index (κ3) is 2.99. The molecule has 3 nitrogen and oxygen atoms in total. The molecule has 3 rings (SSSR count). The van der Waals surface area contributed by atoms with Gasteiger partial charge >= 0.3 is 0 Å². The van der Waals surface area contributed by atoms with Crippen LogP contribution in [0, 0.1) is 5.82 Å². The molecular formula is C16H17FN2OS. The molecule has 0 bridgehead atoms. The number of amides is 1. The maximum absolute atomic E-state index is 13.0. The maximum atomic E-state index is 13.0. The summed E-state index contributed by atoms with van der Waals surface area (Å²) in [6, 6.07) is 10.4. The Morgan fingerprint density at radius 3 is 2.76 bits per heavy atom. The van der Waals surface area contributed by atoms with Crippen molar-refractivity contribution >= 4 is 17.2 Å². The number of carbonyl (C=O) groups is 1. The minimum atomic E-state index is -0.249. The van der Waals surface area contributed by atoms with Crippen LogP contribution in [0.15, 0.2) is 36.4 Å². The molecule has 1 aliphatic rings. The molecule has 0 spiro atoms. The number of nitrogens with one attached hydrogen (secondary N) is 1. The fourth-order valence-corrected chi connectivity index (χ4v) is 3.47. The summed E-state index contributed by atoms with van der Waals surface area (Å²) in [4.78, 5) is 16.2. The molecule has 1 fully saturated rings. The Balaban J connectivity index is 1.81. The van der Waals surface area contributed by atoms with E-state index in [0.29, 0.717) is 0 Å². The number of halogens is 1. The summed E-state index contributed by atoms with van der Waals surface area (Å²) in [6.07, 6.45) is 0. The number of piperazine rings is 1. The molecule has 21 heavy (non-hydrogen) atoms. The van der Waals surface area contributed by atoms with Gasteiger partial charge in [0, 0.05) is 30.6 Å². The largest absolute Gasteiger partial charge is 0.333 e. The molecule has 2 heterocycles. The van der Waals surface area contributed by atoms with Crippen LogP contribution in [0.1, 0.15) is 16.6 Å². The van der Waals surface area contributed by atoms with Crippen LogP contribution in [0.5, 0.6) is 0 Å². The van der Waals surface area contributed by atoms with Crippen LogP contribution in [0.4, 0.5) is 4.39 Å². The number of hydrogen-bond acceptors (Lipinski definition) is 3. The Labute approximate surface area is 127 Å². The Morgan fingerprint density at radius 2 is 2.05 bits per heavy atom. The topological polar surface area (TPSA) is 32.3 Å². The van der Waals surface area contributed by atoms with E-state index in [9.17, 15) is 9.18 Å². The zero-order chi connectivity index (χ0) is 14.8. The third-order valence-corrected chi connectivity index (χ3v) is 4.83. The molecule has 1 aromatic heterocycles. The zero-order valence-electron chi connectivity index (χ0n) is 11.8. The van der Waals surface area contributed by atoms with Crippen molar-refractivity contribution in [2.45, 2.75) is 13.0 Å². The van der Waals surface area contributed by atoms with E-state index in [-0.39, 0.29) is 17.8 Å². The number of carbonyl (C=O) groups excluding carboxylic acids is 1. The van der Waals surface area contributed by atoms with E-state index in [1.807, 2.05) is 17.0 Å². The number of benzene rings is 1. The molecule has 0 unspecified atom stereocenters. The lowest BCUT2D eigenvalue weighted by atomic mass is 10.2. The highest BCUT2D eigenvalue weighted by atomic mass is 32.1. The lowest BCUT2D eigenvalue weighted by molar-refractivity contribution is 0.0661. The molecule has 110 valence electrons. The first-order valence-corrected chi connectivity index (χ1v) is 7.84. The number of rotatable bonds is 2. The van der Waals surface area contributed by atoms with Gasteiger partial charge in [-0.3, -0.25) is 4.79 Å². The van der Waals surface area contributed by atoms with E-state index in [1.165, 1.54) is 23.5 Å². The lowest BCUT2D eigenvalue weighted by Gasteiger charge is -2.33. The van der Waals surface area contributed by atoms with E-state index in [2.05, 4.69) is 12.2 Å². The van der Waals surface area contributed by atoms with E-state index in [0.717, 1.165) is 35.0 Å². The number of nitrogens with zero attached hydrogens (tertiary/aromatic N) is 1. The van der Waals surface area contributed by atoms with Crippen LogP contribution in [0.3, 0.4) is 0 Å². The van der Waals surface area contributed by atoms with Crippen molar-refractivity contribution in [2.75, 3.05) is 19.6 Å². The van der Waals surface area contributed by atoms with Crippen LogP contribution < -0.4 is 5.32 Å². The first-order valence-electron chi connectivity index (χ1n) is 7.02. The van der Waals surface area contributed by atoms with Gasteiger partial charge in [0.2, 0.25) is 0 Å². The Kier molecular flexibility index (Phi) is 4.03. The van der Waals surface area contributed by atoms with Crippen LogP contribution in [0.2, 0.25) is 0 Å². The van der Waals surface area contributed by atoms with Crippen molar-refractivity contribution in [1.29, 1.82) is 0 Å². The minimum Gasteiger partial charge on any atom is -0.333 e. The highest BCUT2D eigenvalue weighted by Crippen LogP contribution is 2.29. The summed E-state index contributed by atoms with van der Waals surface area (Å²) in [5.74, 6) is -0.163. The Hall–Kier alpha value is -1.72. The van der Waals surface area contributed by atoms with Gasteiger partial charge in [-0.2, -0.15) is 0 Å². The van der Waals surface area contributed by atoms with E-state index < -0.39 is 0 Å². The van der Waals surface area contributed by atoms with E-state index in [4.69, 9.17) is 0 Å². The summed E-state index contributed by atoms with van der Waals surface area (Å²) in [6.45, 7) is 4.47. The molecule has 1 aromatic carbocycles. The van der Waals surface area contributed by atoms with Crippen LogP contribution in [-0.2, 0) is 0 Å². The summed E-state index contributed by atoms with van der Waals surface area (Å²) in [5, 5.41) is 3.28. The first-order chi connectivity index (χ1) is 10.1. The van der Waals surface area contributed by atoms with Crippen molar-refractivity contribution in [3.8, 4) is 10.4 Å². The standard InChI is InChI=1S/C16H17FN2OS/c1-11-10-18-8-9-19(11)16(20)15-7-6-14(21-15)12-2-4-13(17)5-3-12/h2-7,11,18H,8-10H2,1H3/t11-/m1/s1. The van der Waals surface area contributed by atoms with Crippen molar-refractivity contribution in [2.24, 2.45) is 0 Å². The first kappa shape index (κ1) is 14.2. The molecule has 1 amide bonds. The molecule has 1 atom stereocenters. The Bertz CT molecular complexity index is 638. The fourth-order valence-electron chi connectivity index (χ4n) is 2.51. The predicted octanol–water partition coefficient (Wildman–Crippen LogP) is 2.99. The second kappa shape index (κ2) is 5.95. The molecule has 2 aromatic rings. The van der Waals surface area contributed by atoms with Gasteiger partial charge < -0.3 is 10.2 Å². The molecule has 1 N–H and O–H groups in total. The quantitative estimate of drug-likeness (QED) is 0.925. The summed E-state index contributed by atoms with van der Waals surface area (Å²) in [5.41, 5.74) is 0.939. The number of thiophene rings is 1. The van der Waals surface area contributed by atoms with Crippen molar-refractivity contribution in [1.82, 2.24) is 10.2 Å². The second-order valence-corrected chi connectivity index (χ2v) is 6.31. The van der Waals surface area contributed by atoms with Crippen molar-refractivity contribution in [3.05, 3.63) is 47.1 Å². The van der Waals surface area contributed by atoms with E-state index in [1.54, 1.807) is 12.1 Å². The second-order valence-electron chi connectivity index (χ2n) is 5.22. The highest BCUT2D eigenvalue weighted by molar-refractivity contribution is 7.17. The van der Waals surface area contributed by atoms with Gasteiger partial charge in [0.15, 0.2) is 0 Å². The third-order valence-electron chi connectivity index (χ3n) is 3.71. The van der Waals surface area contributed by atoms with Gasteiger partial charge in [0.25, 0.3) is 5.91 Å². The molecular weight excluding hydrogens is 287 g/mol. The van der Waals surface area contributed by atoms with Crippen LogP contribution in [0.25, 0.3) is 10.4 Å². The molecule has 1 saturated heterocycles. The van der Waals surface area contributed by atoms with Gasteiger partial charge in [-0.05, 0) is 36.8 Å². The van der Waals surface area contributed by atoms with E-state index >= 15 is 0 Å². The summed E-state index contributed by atoms with van der Waals surface area (Å²) in [7, 11) is 0. The maximum Gasteiger partial charge on any atom is 0.264 e. The number of hydrogen-bond donors (Lipinski definition) is 1. The summed E-state index contributed by atoms with van der Waals surface area (Å²) < 4.78 is 13.0. The fraction of sp³-hybridized carbons (Fsp3) is 0.312. The van der Waals surface area contributed by atoms with Crippen molar-refractivity contribution < 1.29 is 9.18 Å². The minimum absolute atomic E-state index is 0.0855. The van der Waals surface area contributed by atoms with Gasteiger partial charge in [0.1, 0.15) is 5.82 Å². The van der Waals surface area contributed by atoms with Crippen LogP contribution >= 0.6 is 11.3 Å². The zero-order valence-corrected chi connectivity index (χ0v) is 12.6. The predicted molar refractivity (Wildman–Crippen MR) is 83.1 cm³/mol. The molecule has 0 radical (unpaired) electrons. The lowest BCUT2D eigenvalue weighted by Crippen LogP contribution is -2.52. The SMILES string of the molecule is C[C@@H]1CNCCN1C(=O)c1ccc(-c2ccc(F)cc2)s1. The molecule has 0 saturated carbocycles. The molecule has 1 aliphatic heterocycles.